The minimum Gasteiger partial charge on any atom is -0.493 e. The van der Waals surface area contributed by atoms with Gasteiger partial charge in [-0.05, 0) is 38.7 Å². The minimum absolute atomic E-state index is 0.00859. The monoisotopic (exact) mass is 271 g/mol. The maximum absolute atomic E-state index is 8.69. The summed E-state index contributed by atoms with van der Waals surface area (Å²) in [6.45, 7) is 1.48. The second-order valence-corrected chi connectivity index (χ2v) is 4.57. The molecule has 0 unspecified atom stereocenters. The van der Waals surface area contributed by atoms with Crippen molar-refractivity contribution in [3.05, 3.63) is 28.8 Å². The number of nitrogens with two attached hydrogens (primary N) is 1. The van der Waals surface area contributed by atoms with Gasteiger partial charge in [-0.3, -0.25) is 0 Å². The number of rotatable bonds is 6. The highest BCUT2D eigenvalue weighted by Crippen LogP contribution is 2.23. The summed E-state index contributed by atoms with van der Waals surface area (Å²) < 4.78 is 5.61. The number of oxime groups is 1. The SMILES string of the molecule is CN(C)CCCOc1cc(Cl)ccc1C(N)=NO. The van der Waals surface area contributed by atoms with Gasteiger partial charge < -0.3 is 20.6 Å². The summed E-state index contributed by atoms with van der Waals surface area (Å²) in [6, 6.07) is 4.99. The molecule has 18 heavy (non-hydrogen) atoms. The molecule has 0 heterocycles. The van der Waals surface area contributed by atoms with Crippen molar-refractivity contribution in [2.75, 3.05) is 27.2 Å². The average molecular weight is 272 g/mol. The van der Waals surface area contributed by atoms with Crippen molar-refractivity contribution in [3.63, 3.8) is 0 Å². The van der Waals surface area contributed by atoms with Gasteiger partial charge >= 0.3 is 0 Å². The summed E-state index contributed by atoms with van der Waals surface area (Å²) in [4.78, 5) is 2.08. The molecular formula is C12H18ClN3O2. The molecule has 0 saturated heterocycles. The van der Waals surface area contributed by atoms with Crippen molar-refractivity contribution < 1.29 is 9.94 Å². The fourth-order valence-corrected chi connectivity index (χ4v) is 1.61. The molecule has 1 aromatic rings. The van der Waals surface area contributed by atoms with Crippen LogP contribution < -0.4 is 10.5 Å². The topological polar surface area (TPSA) is 71.1 Å². The second kappa shape index (κ2) is 7.08. The van der Waals surface area contributed by atoms with Gasteiger partial charge in [-0.15, -0.1) is 0 Å². The van der Waals surface area contributed by atoms with E-state index < -0.39 is 0 Å². The first-order valence-corrected chi connectivity index (χ1v) is 5.97. The fourth-order valence-electron chi connectivity index (χ4n) is 1.44. The lowest BCUT2D eigenvalue weighted by Crippen LogP contribution is -2.17. The van der Waals surface area contributed by atoms with Crippen molar-refractivity contribution in [2.24, 2.45) is 10.9 Å². The predicted molar refractivity (Wildman–Crippen MR) is 72.6 cm³/mol. The molecule has 0 saturated carbocycles. The van der Waals surface area contributed by atoms with E-state index >= 15 is 0 Å². The van der Waals surface area contributed by atoms with Crippen LogP contribution in [0.2, 0.25) is 5.02 Å². The zero-order chi connectivity index (χ0) is 13.5. The Hall–Kier alpha value is -1.46. The Balaban J connectivity index is 2.71. The van der Waals surface area contributed by atoms with Crippen LogP contribution in [0.25, 0.3) is 0 Å². The minimum atomic E-state index is 0.00859. The third kappa shape index (κ3) is 4.43. The lowest BCUT2D eigenvalue weighted by Gasteiger charge is -2.13. The van der Waals surface area contributed by atoms with E-state index in [9.17, 15) is 0 Å². The van der Waals surface area contributed by atoms with E-state index in [0.29, 0.717) is 22.9 Å². The lowest BCUT2D eigenvalue weighted by molar-refractivity contribution is 0.280. The Labute approximate surface area is 112 Å². The van der Waals surface area contributed by atoms with Crippen molar-refractivity contribution >= 4 is 17.4 Å². The number of hydrogen-bond donors (Lipinski definition) is 2. The molecule has 0 amide bonds. The van der Waals surface area contributed by atoms with Crippen LogP contribution in [0, 0.1) is 0 Å². The first-order valence-electron chi connectivity index (χ1n) is 5.59. The molecule has 0 radical (unpaired) electrons. The molecule has 0 aliphatic rings. The van der Waals surface area contributed by atoms with Crippen LogP contribution in [-0.4, -0.2) is 43.2 Å². The van der Waals surface area contributed by atoms with Crippen molar-refractivity contribution in [2.45, 2.75) is 6.42 Å². The second-order valence-electron chi connectivity index (χ2n) is 4.13. The van der Waals surface area contributed by atoms with Gasteiger partial charge in [-0.2, -0.15) is 0 Å². The molecule has 1 aromatic carbocycles. The van der Waals surface area contributed by atoms with Crippen LogP contribution in [0.3, 0.4) is 0 Å². The van der Waals surface area contributed by atoms with Crippen LogP contribution in [0.15, 0.2) is 23.4 Å². The molecule has 6 heteroatoms. The molecule has 0 aliphatic heterocycles. The maximum Gasteiger partial charge on any atom is 0.173 e. The summed E-state index contributed by atoms with van der Waals surface area (Å²) in [6.07, 6.45) is 0.884. The number of nitrogens with zero attached hydrogens (tertiary/aromatic N) is 2. The van der Waals surface area contributed by atoms with Gasteiger partial charge in [0.25, 0.3) is 0 Å². The molecule has 0 atom stereocenters. The highest BCUT2D eigenvalue weighted by Gasteiger charge is 2.09. The highest BCUT2D eigenvalue weighted by molar-refractivity contribution is 6.30. The van der Waals surface area contributed by atoms with E-state index in [4.69, 9.17) is 27.3 Å². The van der Waals surface area contributed by atoms with E-state index in [1.54, 1.807) is 18.2 Å². The third-order valence-corrected chi connectivity index (χ3v) is 2.57. The first-order chi connectivity index (χ1) is 8.54. The fraction of sp³-hybridized carbons (Fsp3) is 0.417. The highest BCUT2D eigenvalue weighted by atomic mass is 35.5. The van der Waals surface area contributed by atoms with Crippen LogP contribution >= 0.6 is 11.6 Å². The van der Waals surface area contributed by atoms with Gasteiger partial charge in [0.2, 0.25) is 0 Å². The molecule has 3 N–H and O–H groups in total. The smallest absolute Gasteiger partial charge is 0.173 e. The summed E-state index contributed by atoms with van der Waals surface area (Å²) in [5.41, 5.74) is 6.10. The molecule has 5 nitrogen and oxygen atoms in total. The van der Waals surface area contributed by atoms with Crippen LogP contribution in [0.5, 0.6) is 5.75 Å². The van der Waals surface area contributed by atoms with E-state index in [0.717, 1.165) is 13.0 Å². The normalized spacial score (nSPS) is 11.9. The molecule has 0 fully saturated rings. The zero-order valence-corrected chi connectivity index (χ0v) is 11.3. The number of hydrogen-bond acceptors (Lipinski definition) is 4. The van der Waals surface area contributed by atoms with Crippen molar-refractivity contribution in [3.8, 4) is 5.75 Å². The predicted octanol–water partition coefficient (Wildman–Crippen LogP) is 1.76. The molecule has 0 spiro atoms. The van der Waals surface area contributed by atoms with Gasteiger partial charge in [0.1, 0.15) is 5.75 Å². The lowest BCUT2D eigenvalue weighted by atomic mass is 10.2. The Bertz CT molecular complexity index is 422. The van der Waals surface area contributed by atoms with Gasteiger partial charge in [-0.1, -0.05) is 16.8 Å². The van der Waals surface area contributed by atoms with Gasteiger partial charge in [-0.25, -0.2) is 0 Å². The molecule has 100 valence electrons. The Morgan fingerprint density at radius 2 is 2.22 bits per heavy atom. The van der Waals surface area contributed by atoms with E-state index in [1.807, 2.05) is 14.1 Å². The zero-order valence-electron chi connectivity index (χ0n) is 10.6. The quantitative estimate of drug-likeness (QED) is 0.272. The van der Waals surface area contributed by atoms with Crippen molar-refractivity contribution in [1.82, 2.24) is 4.90 Å². The summed E-state index contributed by atoms with van der Waals surface area (Å²) in [7, 11) is 4.00. The Morgan fingerprint density at radius 3 is 2.83 bits per heavy atom. The van der Waals surface area contributed by atoms with E-state index in [-0.39, 0.29) is 5.84 Å². The Kier molecular flexibility index (Phi) is 5.74. The average Bonchev–Trinajstić information content (AvgIpc) is 2.33. The van der Waals surface area contributed by atoms with Crippen molar-refractivity contribution in [1.29, 1.82) is 0 Å². The van der Waals surface area contributed by atoms with Gasteiger partial charge in [0.05, 0.1) is 12.2 Å². The van der Waals surface area contributed by atoms with Gasteiger partial charge in [0.15, 0.2) is 5.84 Å². The number of benzene rings is 1. The standard InChI is InChI=1S/C12H18ClN3O2/c1-16(2)6-3-7-18-11-8-9(13)4-5-10(11)12(14)15-17/h4-5,8,17H,3,6-7H2,1-2H3,(H2,14,15). The summed E-state index contributed by atoms with van der Waals surface area (Å²) in [5, 5.41) is 12.2. The van der Waals surface area contributed by atoms with E-state index in [2.05, 4.69) is 10.1 Å². The van der Waals surface area contributed by atoms with Crippen LogP contribution in [0.1, 0.15) is 12.0 Å². The first kappa shape index (κ1) is 14.6. The number of halogens is 1. The molecular weight excluding hydrogens is 254 g/mol. The van der Waals surface area contributed by atoms with Crippen LogP contribution in [-0.2, 0) is 0 Å². The molecule has 1 rings (SSSR count). The third-order valence-electron chi connectivity index (χ3n) is 2.33. The molecule has 0 bridgehead atoms. The van der Waals surface area contributed by atoms with Crippen LogP contribution in [0.4, 0.5) is 0 Å². The molecule has 0 aliphatic carbocycles. The largest absolute Gasteiger partial charge is 0.493 e. The van der Waals surface area contributed by atoms with Gasteiger partial charge in [0, 0.05) is 11.6 Å². The summed E-state index contributed by atoms with van der Waals surface area (Å²) >= 11 is 5.90. The number of amidine groups is 1. The molecule has 0 aromatic heterocycles. The number of ether oxygens (including phenoxy) is 1. The van der Waals surface area contributed by atoms with E-state index in [1.165, 1.54) is 0 Å². The Morgan fingerprint density at radius 1 is 1.50 bits per heavy atom. The maximum atomic E-state index is 8.69. The summed E-state index contributed by atoms with van der Waals surface area (Å²) in [5.74, 6) is 0.533.